The SMILES string of the molecule is C#CC12CCC3C4CCC5=C/C(=N/OCC(=O)NCC(=O)NC(C(=O)O)C(C)C)CC[C@]5(C)C4CCC31CO2. The summed E-state index contributed by atoms with van der Waals surface area (Å²) >= 11 is 0. The van der Waals surface area contributed by atoms with E-state index in [2.05, 4.69) is 34.7 Å². The molecule has 1 spiro atoms. The van der Waals surface area contributed by atoms with Crippen LogP contribution in [0.5, 0.6) is 0 Å². The number of terminal acetylenes is 1. The van der Waals surface area contributed by atoms with Gasteiger partial charge in [-0.05, 0) is 86.5 Å². The maximum Gasteiger partial charge on any atom is 0.326 e. The first-order valence-electron chi connectivity index (χ1n) is 14.4. The van der Waals surface area contributed by atoms with E-state index < -0.39 is 23.8 Å². The van der Waals surface area contributed by atoms with Gasteiger partial charge in [0.15, 0.2) is 6.61 Å². The maximum absolute atomic E-state index is 12.1. The zero-order chi connectivity index (χ0) is 28.0. The second-order valence-electron chi connectivity index (χ2n) is 12.8. The lowest BCUT2D eigenvalue weighted by Gasteiger charge is -2.63. The van der Waals surface area contributed by atoms with Crippen molar-refractivity contribution >= 4 is 23.5 Å². The quantitative estimate of drug-likeness (QED) is 0.322. The van der Waals surface area contributed by atoms with Crippen molar-refractivity contribution in [3.63, 3.8) is 0 Å². The molecule has 0 radical (unpaired) electrons. The monoisotopic (exact) mass is 539 g/mol. The number of carboxylic acid groups (broad SMARTS) is 1. The molecule has 4 fully saturated rings. The standard InChI is InChI=1S/C30H41N3O6/c1-5-30-13-10-23-21-7-6-19-14-20(8-11-28(19,4)22(21)9-12-29(23,30)17-38-30)33-39-16-25(35)31-15-24(34)32-26(18(2)3)27(36)37/h1,14,18,21-23,26H,6-13,15-17H2,2-4H3,(H,31,35)(H,32,34)(H,36,37)/b33-20+/t21?,22?,23?,26?,28-,29?,30?/m0/s1. The number of carbonyl (C=O) groups is 3. The van der Waals surface area contributed by atoms with Crippen molar-refractivity contribution < 1.29 is 29.1 Å². The van der Waals surface area contributed by atoms with Crippen LogP contribution in [0.25, 0.3) is 0 Å². The van der Waals surface area contributed by atoms with Crippen molar-refractivity contribution in [2.75, 3.05) is 19.8 Å². The predicted molar refractivity (Wildman–Crippen MR) is 144 cm³/mol. The summed E-state index contributed by atoms with van der Waals surface area (Å²) in [7, 11) is 0. The van der Waals surface area contributed by atoms with Crippen LogP contribution in [0.4, 0.5) is 0 Å². The van der Waals surface area contributed by atoms with E-state index >= 15 is 0 Å². The molecule has 5 aliphatic rings. The highest BCUT2D eigenvalue weighted by Crippen LogP contribution is 2.71. The zero-order valence-electron chi connectivity index (χ0n) is 23.3. The van der Waals surface area contributed by atoms with Crippen LogP contribution >= 0.6 is 0 Å². The molecular formula is C30H41N3O6. The van der Waals surface area contributed by atoms with Gasteiger partial charge in [0.1, 0.15) is 11.6 Å². The summed E-state index contributed by atoms with van der Waals surface area (Å²) in [6.45, 7) is 6.03. The van der Waals surface area contributed by atoms with E-state index in [-0.39, 0.29) is 35.5 Å². The van der Waals surface area contributed by atoms with Crippen LogP contribution in [0.1, 0.15) is 72.1 Å². The van der Waals surface area contributed by atoms with Gasteiger partial charge in [-0.2, -0.15) is 0 Å². The Hall–Kier alpha value is -2.86. The summed E-state index contributed by atoms with van der Waals surface area (Å²) in [6.07, 6.45) is 16.8. The lowest BCUT2D eigenvalue weighted by atomic mass is 9.45. The largest absolute Gasteiger partial charge is 0.480 e. The van der Waals surface area contributed by atoms with Crippen LogP contribution < -0.4 is 10.6 Å². The number of hydrogen-bond acceptors (Lipinski definition) is 6. The number of fused-ring (bicyclic) bond motifs is 4. The fourth-order valence-corrected chi connectivity index (χ4v) is 8.54. The van der Waals surface area contributed by atoms with Crippen LogP contribution in [-0.4, -0.2) is 60.0 Å². The molecule has 0 bridgehead atoms. The van der Waals surface area contributed by atoms with Crippen molar-refractivity contribution in [3.8, 4) is 12.3 Å². The molecule has 9 heteroatoms. The molecule has 6 unspecified atom stereocenters. The van der Waals surface area contributed by atoms with E-state index in [0.717, 1.165) is 44.4 Å². The molecule has 39 heavy (non-hydrogen) atoms. The molecular weight excluding hydrogens is 498 g/mol. The van der Waals surface area contributed by atoms with Crippen molar-refractivity contribution in [2.24, 2.45) is 39.7 Å². The summed E-state index contributed by atoms with van der Waals surface area (Å²) < 4.78 is 6.04. The van der Waals surface area contributed by atoms with Gasteiger partial charge in [-0.15, -0.1) is 6.42 Å². The summed E-state index contributed by atoms with van der Waals surface area (Å²) in [4.78, 5) is 40.7. The Morgan fingerprint density at radius 3 is 2.62 bits per heavy atom. The fraction of sp³-hybridized carbons (Fsp3) is 0.733. The summed E-state index contributed by atoms with van der Waals surface area (Å²) in [6, 6.07) is -1.01. The Bertz CT molecular complexity index is 1140. The number of oxime groups is 1. The maximum atomic E-state index is 12.1. The molecule has 3 N–H and O–H groups in total. The van der Waals surface area contributed by atoms with Crippen molar-refractivity contribution in [1.29, 1.82) is 0 Å². The van der Waals surface area contributed by atoms with Crippen LogP contribution in [0, 0.1) is 46.8 Å². The second kappa shape index (κ2) is 10.3. The molecule has 2 amide bonds. The number of allylic oxidation sites excluding steroid dienone is 2. The second-order valence-corrected chi connectivity index (χ2v) is 12.8. The fourth-order valence-electron chi connectivity index (χ4n) is 8.54. The van der Waals surface area contributed by atoms with E-state index in [0.29, 0.717) is 17.8 Å². The molecule has 9 nitrogen and oxygen atoms in total. The zero-order valence-corrected chi connectivity index (χ0v) is 23.3. The van der Waals surface area contributed by atoms with Gasteiger partial charge in [-0.1, -0.05) is 37.4 Å². The number of ether oxygens (including phenoxy) is 1. The molecule has 5 rings (SSSR count). The normalized spacial score (nSPS) is 38.1. The minimum absolute atomic E-state index is 0.157. The van der Waals surface area contributed by atoms with Gasteiger partial charge in [0, 0.05) is 5.41 Å². The first kappa shape index (κ1) is 27.7. The summed E-state index contributed by atoms with van der Waals surface area (Å²) in [5.41, 5.74) is 2.33. The number of aliphatic carboxylic acids is 1. The van der Waals surface area contributed by atoms with Gasteiger partial charge in [-0.3, -0.25) is 9.59 Å². The van der Waals surface area contributed by atoms with Gasteiger partial charge in [0.05, 0.1) is 18.9 Å². The third kappa shape index (κ3) is 4.55. The Balaban J connectivity index is 1.14. The van der Waals surface area contributed by atoms with E-state index in [1.54, 1.807) is 13.8 Å². The molecule has 212 valence electrons. The predicted octanol–water partition coefficient (Wildman–Crippen LogP) is 3.05. The van der Waals surface area contributed by atoms with Crippen LogP contribution in [0.15, 0.2) is 16.8 Å². The van der Waals surface area contributed by atoms with Crippen molar-refractivity contribution in [3.05, 3.63) is 11.6 Å². The number of rotatable bonds is 8. The third-order valence-corrected chi connectivity index (χ3v) is 10.7. The average molecular weight is 540 g/mol. The molecule has 3 saturated carbocycles. The summed E-state index contributed by atoms with van der Waals surface area (Å²) in [5, 5.41) is 18.3. The summed E-state index contributed by atoms with van der Waals surface area (Å²) in [5.74, 6) is 2.63. The molecule has 1 heterocycles. The lowest BCUT2D eigenvalue weighted by molar-refractivity contribution is -0.258. The van der Waals surface area contributed by atoms with E-state index in [1.807, 2.05) is 0 Å². The Morgan fingerprint density at radius 2 is 1.95 bits per heavy atom. The molecule has 1 saturated heterocycles. The Labute approximate surface area is 230 Å². The molecule has 0 aromatic carbocycles. The number of carbonyl (C=O) groups excluding carboxylic acids is 2. The lowest BCUT2D eigenvalue weighted by Crippen LogP contribution is -2.65. The number of nitrogens with one attached hydrogen (secondary N) is 2. The smallest absolute Gasteiger partial charge is 0.326 e. The first-order valence-corrected chi connectivity index (χ1v) is 14.4. The number of hydrogen-bond donors (Lipinski definition) is 3. The first-order chi connectivity index (χ1) is 18.5. The number of carboxylic acids is 1. The molecule has 4 aliphatic carbocycles. The van der Waals surface area contributed by atoms with E-state index in [1.165, 1.54) is 24.8 Å². The Kier molecular flexibility index (Phi) is 7.30. The van der Waals surface area contributed by atoms with Gasteiger partial charge in [0.2, 0.25) is 5.91 Å². The van der Waals surface area contributed by atoms with E-state index in [9.17, 15) is 19.5 Å². The topological polar surface area (TPSA) is 126 Å². The molecule has 0 aromatic rings. The minimum atomic E-state index is -1.11. The highest BCUT2D eigenvalue weighted by Gasteiger charge is 2.71. The van der Waals surface area contributed by atoms with Crippen LogP contribution in [0.2, 0.25) is 0 Å². The van der Waals surface area contributed by atoms with Gasteiger partial charge >= 0.3 is 5.97 Å². The van der Waals surface area contributed by atoms with Crippen molar-refractivity contribution in [1.82, 2.24) is 10.6 Å². The van der Waals surface area contributed by atoms with Gasteiger partial charge in [-0.25, -0.2) is 4.79 Å². The molecule has 7 atom stereocenters. The minimum Gasteiger partial charge on any atom is -0.480 e. The number of amides is 2. The van der Waals surface area contributed by atoms with E-state index in [4.69, 9.17) is 16.0 Å². The van der Waals surface area contributed by atoms with Crippen LogP contribution in [-0.2, 0) is 24.0 Å². The third-order valence-electron chi connectivity index (χ3n) is 10.7. The molecule has 1 aliphatic heterocycles. The van der Waals surface area contributed by atoms with Gasteiger partial charge < -0.3 is 25.3 Å². The van der Waals surface area contributed by atoms with Gasteiger partial charge in [0.25, 0.3) is 5.91 Å². The number of nitrogens with zero attached hydrogens (tertiary/aromatic N) is 1. The highest BCUT2D eigenvalue weighted by atomic mass is 16.6. The van der Waals surface area contributed by atoms with Crippen molar-refractivity contribution in [2.45, 2.75) is 83.8 Å². The average Bonchev–Trinajstić information content (AvgIpc) is 3.12. The molecule has 0 aromatic heterocycles. The Morgan fingerprint density at radius 1 is 1.18 bits per heavy atom. The van der Waals surface area contributed by atoms with Crippen LogP contribution in [0.3, 0.4) is 0 Å². The highest BCUT2D eigenvalue weighted by molar-refractivity contribution is 5.96.